The van der Waals surface area contributed by atoms with Crippen LogP contribution in [0.5, 0.6) is 0 Å². The number of nitrogens with zero attached hydrogens (tertiary/aromatic N) is 1. The van der Waals surface area contributed by atoms with Crippen LogP contribution in [0.25, 0.3) is 0 Å². The Labute approximate surface area is 101 Å². The summed E-state index contributed by atoms with van der Waals surface area (Å²) in [7, 11) is 0. The van der Waals surface area contributed by atoms with Crippen LogP contribution in [0.1, 0.15) is 34.1 Å². The molecule has 0 aromatic carbocycles. The summed E-state index contributed by atoms with van der Waals surface area (Å²) in [5, 5.41) is 3.57. The van der Waals surface area contributed by atoms with Gasteiger partial charge >= 0.3 is 0 Å². The molecule has 1 rings (SSSR count). The van der Waals surface area contributed by atoms with Crippen molar-refractivity contribution in [2.24, 2.45) is 5.92 Å². The van der Waals surface area contributed by atoms with Crippen molar-refractivity contribution in [2.75, 3.05) is 39.4 Å². The van der Waals surface area contributed by atoms with Crippen LogP contribution in [-0.4, -0.2) is 49.8 Å². The lowest BCUT2D eigenvalue weighted by atomic mass is 10.1. The molecule has 0 amide bonds. The maximum Gasteiger partial charge on any atom is 0.0593 e. The molecule has 0 bridgehead atoms. The number of hydrogen-bond donors (Lipinski definition) is 1. The van der Waals surface area contributed by atoms with Gasteiger partial charge in [0, 0.05) is 31.8 Å². The van der Waals surface area contributed by atoms with Crippen LogP contribution >= 0.6 is 0 Å². The van der Waals surface area contributed by atoms with E-state index in [4.69, 9.17) is 4.74 Å². The fraction of sp³-hybridized carbons (Fsp3) is 1.00. The molecular weight excluding hydrogens is 200 g/mol. The van der Waals surface area contributed by atoms with Crippen LogP contribution in [0.2, 0.25) is 0 Å². The van der Waals surface area contributed by atoms with Crippen molar-refractivity contribution < 1.29 is 4.74 Å². The van der Waals surface area contributed by atoms with Crippen molar-refractivity contribution in [3.63, 3.8) is 0 Å². The van der Waals surface area contributed by atoms with Crippen molar-refractivity contribution in [2.45, 2.75) is 39.7 Å². The molecule has 0 radical (unpaired) electrons. The van der Waals surface area contributed by atoms with Gasteiger partial charge in [-0.05, 0) is 39.7 Å². The highest BCUT2D eigenvalue weighted by molar-refractivity contribution is 4.73. The van der Waals surface area contributed by atoms with Gasteiger partial charge in [0.2, 0.25) is 0 Å². The Morgan fingerprint density at radius 1 is 1.25 bits per heavy atom. The van der Waals surface area contributed by atoms with Crippen molar-refractivity contribution in [1.82, 2.24) is 10.2 Å². The van der Waals surface area contributed by atoms with Crippen molar-refractivity contribution in [3.8, 4) is 0 Å². The summed E-state index contributed by atoms with van der Waals surface area (Å²) in [6, 6.07) is 0. The molecule has 1 aliphatic rings. The van der Waals surface area contributed by atoms with Gasteiger partial charge in [0.1, 0.15) is 0 Å². The molecule has 0 aliphatic carbocycles. The van der Waals surface area contributed by atoms with E-state index < -0.39 is 0 Å². The van der Waals surface area contributed by atoms with E-state index in [1.807, 2.05) is 0 Å². The summed E-state index contributed by atoms with van der Waals surface area (Å²) >= 11 is 0. The molecule has 1 atom stereocenters. The zero-order valence-electron chi connectivity index (χ0n) is 11.4. The van der Waals surface area contributed by atoms with E-state index in [9.17, 15) is 0 Å². The third kappa shape index (κ3) is 6.46. The molecule has 16 heavy (non-hydrogen) atoms. The lowest BCUT2D eigenvalue weighted by Gasteiger charge is -2.27. The van der Waals surface area contributed by atoms with Gasteiger partial charge < -0.3 is 15.0 Å². The van der Waals surface area contributed by atoms with Crippen LogP contribution in [0.3, 0.4) is 0 Å². The van der Waals surface area contributed by atoms with Crippen LogP contribution in [0.4, 0.5) is 0 Å². The minimum atomic E-state index is 0.232. The highest BCUT2D eigenvalue weighted by Gasteiger charge is 2.15. The fourth-order valence-corrected chi connectivity index (χ4v) is 1.97. The first kappa shape index (κ1) is 13.9. The molecule has 1 aliphatic heterocycles. The van der Waals surface area contributed by atoms with Gasteiger partial charge in [0.05, 0.1) is 6.61 Å². The smallest absolute Gasteiger partial charge is 0.0593 e. The van der Waals surface area contributed by atoms with E-state index >= 15 is 0 Å². The SMILES string of the molecule is CC(CNC(C)(C)C)CN1CCCOCC1. The Kier molecular flexibility index (Phi) is 5.73. The molecule has 3 heteroatoms. The van der Waals surface area contributed by atoms with Crippen LogP contribution in [0.15, 0.2) is 0 Å². The highest BCUT2D eigenvalue weighted by Crippen LogP contribution is 2.06. The van der Waals surface area contributed by atoms with E-state index in [-0.39, 0.29) is 5.54 Å². The fourth-order valence-electron chi connectivity index (χ4n) is 1.97. The number of rotatable bonds is 4. The Hall–Kier alpha value is -0.120. The molecule has 1 unspecified atom stereocenters. The average molecular weight is 228 g/mol. The van der Waals surface area contributed by atoms with Gasteiger partial charge in [-0.25, -0.2) is 0 Å². The molecule has 1 saturated heterocycles. The average Bonchev–Trinajstić information content (AvgIpc) is 2.42. The number of nitrogens with one attached hydrogen (secondary N) is 1. The summed E-state index contributed by atoms with van der Waals surface area (Å²) < 4.78 is 5.46. The van der Waals surface area contributed by atoms with Crippen molar-refractivity contribution >= 4 is 0 Å². The highest BCUT2D eigenvalue weighted by atomic mass is 16.5. The minimum Gasteiger partial charge on any atom is -0.380 e. The quantitative estimate of drug-likeness (QED) is 0.793. The lowest BCUT2D eigenvalue weighted by molar-refractivity contribution is 0.138. The largest absolute Gasteiger partial charge is 0.380 e. The molecule has 0 spiro atoms. The van der Waals surface area contributed by atoms with E-state index in [0.717, 1.165) is 26.3 Å². The summed E-state index contributed by atoms with van der Waals surface area (Å²) in [6.07, 6.45) is 1.18. The molecule has 1 heterocycles. The molecule has 1 N–H and O–H groups in total. The second kappa shape index (κ2) is 6.58. The first-order valence-corrected chi connectivity index (χ1v) is 6.52. The first-order valence-electron chi connectivity index (χ1n) is 6.52. The predicted molar refractivity (Wildman–Crippen MR) is 68.8 cm³/mol. The van der Waals surface area contributed by atoms with Crippen LogP contribution in [0, 0.1) is 5.92 Å². The van der Waals surface area contributed by atoms with Gasteiger partial charge in [0.25, 0.3) is 0 Å². The van der Waals surface area contributed by atoms with Gasteiger partial charge in [-0.2, -0.15) is 0 Å². The van der Waals surface area contributed by atoms with Crippen LogP contribution in [-0.2, 0) is 4.74 Å². The standard InChI is InChI=1S/C13H28N2O/c1-12(10-14-13(2,3)4)11-15-6-5-8-16-9-7-15/h12,14H,5-11H2,1-4H3. The molecule has 96 valence electrons. The second-order valence-electron chi connectivity index (χ2n) is 6.00. The van der Waals surface area contributed by atoms with E-state index in [1.165, 1.54) is 19.5 Å². The van der Waals surface area contributed by atoms with Gasteiger partial charge in [0.15, 0.2) is 0 Å². The molecule has 0 saturated carbocycles. The van der Waals surface area contributed by atoms with Gasteiger partial charge in [-0.3, -0.25) is 0 Å². The van der Waals surface area contributed by atoms with Gasteiger partial charge in [-0.15, -0.1) is 0 Å². The Balaban J connectivity index is 2.19. The van der Waals surface area contributed by atoms with Crippen molar-refractivity contribution in [1.29, 1.82) is 0 Å². The van der Waals surface area contributed by atoms with Crippen molar-refractivity contribution in [3.05, 3.63) is 0 Å². The summed E-state index contributed by atoms with van der Waals surface area (Å²) in [5.41, 5.74) is 0.232. The van der Waals surface area contributed by atoms with Crippen LogP contribution < -0.4 is 5.32 Å². The normalized spacial score (nSPS) is 21.8. The second-order valence-corrected chi connectivity index (χ2v) is 6.00. The predicted octanol–water partition coefficient (Wildman–Crippen LogP) is 1.73. The zero-order valence-corrected chi connectivity index (χ0v) is 11.4. The summed E-state index contributed by atoms with van der Waals surface area (Å²) in [6.45, 7) is 15.4. The Bertz CT molecular complexity index is 181. The summed E-state index contributed by atoms with van der Waals surface area (Å²) in [5.74, 6) is 0.706. The molecule has 1 fully saturated rings. The minimum absolute atomic E-state index is 0.232. The monoisotopic (exact) mass is 228 g/mol. The molecular formula is C13H28N2O. The number of hydrogen-bond acceptors (Lipinski definition) is 3. The zero-order chi connectivity index (χ0) is 12.0. The molecule has 0 aromatic rings. The van der Waals surface area contributed by atoms with Gasteiger partial charge in [-0.1, -0.05) is 6.92 Å². The topological polar surface area (TPSA) is 24.5 Å². The molecule has 0 aromatic heterocycles. The summed E-state index contributed by atoms with van der Waals surface area (Å²) in [4.78, 5) is 2.53. The number of ether oxygens (including phenoxy) is 1. The lowest BCUT2D eigenvalue weighted by Crippen LogP contribution is -2.41. The maximum atomic E-state index is 5.46. The third-order valence-electron chi connectivity index (χ3n) is 2.87. The maximum absolute atomic E-state index is 5.46. The first-order chi connectivity index (χ1) is 7.47. The Morgan fingerprint density at radius 2 is 2.00 bits per heavy atom. The van der Waals surface area contributed by atoms with E-state index in [1.54, 1.807) is 0 Å². The van der Waals surface area contributed by atoms with E-state index in [2.05, 4.69) is 37.9 Å². The third-order valence-corrected chi connectivity index (χ3v) is 2.87. The molecule has 3 nitrogen and oxygen atoms in total. The van der Waals surface area contributed by atoms with E-state index in [0.29, 0.717) is 5.92 Å². The Morgan fingerprint density at radius 3 is 2.69 bits per heavy atom.